The molecule has 1 atom stereocenters. The van der Waals surface area contributed by atoms with Crippen molar-refractivity contribution in [2.24, 2.45) is 5.73 Å². The summed E-state index contributed by atoms with van der Waals surface area (Å²) >= 11 is 6.17. The highest BCUT2D eigenvalue weighted by atomic mass is 35.5. The highest BCUT2D eigenvalue weighted by molar-refractivity contribution is 6.32. The van der Waals surface area contributed by atoms with E-state index < -0.39 is 0 Å². The zero-order valence-electron chi connectivity index (χ0n) is 8.97. The minimum Gasteiger partial charge on any atom is -0.328 e. The van der Waals surface area contributed by atoms with Gasteiger partial charge in [0.15, 0.2) is 0 Å². The average molecular weight is 237 g/mol. The summed E-state index contributed by atoms with van der Waals surface area (Å²) in [6.45, 7) is 1.97. The Morgan fingerprint density at radius 1 is 1.50 bits per heavy atom. The zero-order valence-corrected chi connectivity index (χ0v) is 9.72. The van der Waals surface area contributed by atoms with E-state index >= 15 is 0 Å². The molecular weight excluding hydrogens is 224 g/mol. The van der Waals surface area contributed by atoms with Crippen molar-refractivity contribution in [3.05, 3.63) is 41.4 Å². The van der Waals surface area contributed by atoms with Crippen LogP contribution in [0, 0.1) is 0 Å². The molecule has 0 radical (unpaired) electrons. The third-order valence-corrected chi connectivity index (χ3v) is 2.54. The largest absolute Gasteiger partial charge is 0.328 e. The number of benzene rings is 1. The van der Waals surface area contributed by atoms with Crippen LogP contribution in [0.15, 0.2) is 30.9 Å². The molecule has 0 amide bonds. The van der Waals surface area contributed by atoms with Crippen molar-refractivity contribution in [2.45, 2.75) is 19.4 Å². The Kier molecular flexibility index (Phi) is 3.22. The van der Waals surface area contributed by atoms with E-state index in [1.807, 2.05) is 25.1 Å². The number of rotatable bonds is 3. The van der Waals surface area contributed by atoms with E-state index in [1.165, 1.54) is 6.33 Å². The first-order chi connectivity index (χ1) is 7.66. The molecule has 0 saturated heterocycles. The van der Waals surface area contributed by atoms with Crippen LogP contribution in [0.25, 0.3) is 5.69 Å². The molecule has 2 aromatic rings. The second-order valence-corrected chi connectivity index (χ2v) is 4.21. The average Bonchev–Trinajstić information content (AvgIpc) is 2.69. The van der Waals surface area contributed by atoms with Gasteiger partial charge in [-0.1, -0.05) is 17.7 Å². The lowest BCUT2D eigenvalue weighted by Gasteiger charge is -2.08. The number of halogens is 1. The van der Waals surface area contributed by atoms with Gasteiger partial charge < -0.3 is 5.73 Å². The van der Waals surface area contributed by atoms with Gasteiger partial charge >= 0.3 is 0 Å². The van der Waals surface area contributed by atoms with Gasteiger partial charge in [-0.05, 0) is 31.0 Å². The second-order valence-electron chi connectivity index (χ2n) is 3.81. The summed E-state index contributed by atoms with van der Waals surface area (Å²) in [5, 5.41) is 4.69. The van der Waals surface area contributed by atoms with E-state index in [-0.39, 0.29) is 6.04 Å². The van der Waals surface area contributed by atoms with Crippen LogP contribution < -0.4 is 5.73 Å². The summed E-state index contributed by atoms with van der Waals surface area (Å²) in [7, 11) is 0. The molecule has 0 saturated carbocycles. The maximum atomic E-state index is 6.17. The van der Waals surface area contributed by atoms with Crippen molar-refractivity contribution in [2.75, 3.05) is 0 Å². The van der Waals surface area contributed by atoms with Gasteiger partial charge in [-0.15, -0.1) is 0 Å². The quantitative estimate of drug-likeness (QED) is 0.884. The van der Waals surface area contributed by atoms with Gasteiger partial charge in [0.1, 0.15) is 12.7 Å². The molecule has 5 heteroatoms. The van der Waals surface area contributed by atoms with E-state index in [9.17, 15) is 0 Å². The maximum Gasteiger partial charge on any atom is 0.138 e. The first-order valence-corrected chi connectivity index (χ1v) is 5.43. The van der Waals surface area contributed by atoms with Gasteiger partial charge in [-0.3, -0.25) is 0 Å². The molecule has 2 rings (SSSR count). The highest BCUT2D eigenvalue weighted by Gasteiger charge is 2.05. The molecule has 0 spiro atoms. The Bertz CT molecular complexity index is 465. The third-order valence-electron chi connectivity index (χ3n) is 2.24. The van der Waals surface area contributed by atoms with Gasteiger partial charge in [0, 0.05) is 6.04 Å². The molecule has 0 fully saturated rings. The van der Waals surface area contributed by atoms with E-state index in [1.54, 1.807) is 11.0 Å². The number of hydrogen-bond acceptors (Lipinski definition) is 3. The van der Waals surface area contributed by atoms with Crippen molar-refractivity contribution in [1.82, 2.24) is 14.8 Å². The number of nitrogens with two attached hydrogens (primary N) is 1. The Labute approximate surface area is 99.1 Å². The van der Waals surface area contributed by atoms with Gasteiger partial charge in [-0.25, -0.2) is 9.67 Å². The monoisotopic (exact) mass is 236 g/mol. The lowest BCUT2D eigenvalue weighted by Crippen LogP contribution is -2.17. The SMILES string of the molecule is CC(N)Cc1ccc(-n2cncn2)c(Cl)c1. The summed E-state index contributed by atoms with van der Waals surface area (Å²) in [5.41, 5.74) is 7.69. The molecule has 0 aliphatic rings. The van der Waals surface area contributed by atoms with Crippen LogP contribution in [0.1, 0.15) is 12.5 Å². The molecular formula is C11H13ClN4. The maximum absolute atomic E-state index is 6.17. The minimum atomic E-state index is 0.133. The predicted octanol–water partition coefficient (Wildman–Crippen LogP) is 1.81. The van der Waals surface area contributed by atoms with Gasteiger partial charge in [-0.2, -0.15) is 5.10 Å². The summed E-state index contributed by atoms with van der Waals surface area (Å²) in [5.74, 6) is 0. The molecule has 1 aromatic heterocycles. The molecule has 0 aliphatic heterocycles. The fourth-order valence-corrected chi connectivity index (χ4v) is 1.86. The third kappa shape index (κ3) is 2.40. The van der Waals surface area contributed by atoms with Crippen molar-refractivity contribution in [1.29, 1.82) is 0 Å². The summed E-state index contributed by atoms with van der Waals surface area (Å²) in [6, 6.07) is 5.98. The Balaban J connectivity index is 2.30. The van der Waals surface area contributed by atoms with Gasteiger partial charge in [0.2, 0.25) is 0 Å². The van der Waals surface area contributed by atoms with Crippen LogP contribution >= 0.6 is 11.6 Å². The van der Waals surface area contributed by atoms with Gasteiger partial charge in [0.25, 0.3) is 0 Å². The summed E-state index contributed by atoms with van der Waals surface area (Å²) in [6.07, 6.45) is 3.91. The first-order valence-electron chi connectivity index (χ1n) is 5.06. The standard InChI is InChI=1S/C11H13ClN4/c1-8(13)4-9-2-3-11(10(12)5-9)16-7-14-6-15-16/h2-3,5-8H,4,13H2,1H3. The van der Waals surface area contributed by atoms with Crippen molar-refractivity contribution < 1.29 is 0 Å². The predicted molar refractivity (Wildman–Crippen MR) is 63.7 cm³/mol. The molecule has 16 heavy (non-hydrogen) atoms. The zero-order chi connectivity index (χ0) is 11.5. The lowest BCUT2D eigenvalue weighted by molar-refractivity contribution is 0.737. The smallest absolute Gasteiger partial charge is 0.138 e. The topological polar surface area (TPSA) is 56.7 Å². The molecule has 2 N–H and O–H groups in total. The van der Waals surface area contributed by atoms with E-state index in [0.29, 0.717) is 5.02 Å². The number of aromatic nitrogens is 3. The van der Waals surface area contributed by atoms with Crippen LogP contribution in [-0.4, -0.2) is 20.8 Å². The second kappa shape index (κ2) is 4.63. The molecule has 84 valence electrons. The summed E-state index contributed by atoms with van der Waals surface area (Å²) < 4.78 is 1.64. The molecule has 1 unspecified atom stereocenters. The van der Waals surface area contributed by atoms with Crippen LogP contribution in [0.5, 0.6) is 0 Å². The fraction of sp³-hybridized carbons (Fsp3) is 0.273. The molecule has 0 bridgehead atoms. The van der Waals surface area contributed by atoms with E-state index in [4.69, 9.17) is 17.3 Å². The lowest BCUT2D eigenvalue weighted by atomic mass is 10.1. The van der Waals surface area contributed by atoms with Crippen LogP contribution in [-0.2, 0) is 6.42 Å². The Morgan fingerprint density at radius 3 is 2.88 bits per heavy atom. The minimum absolute atomic E-state index is 0.133. The van der Waals surface area contributed by atoms with Crippen LogP contribution in [0.2, 0.25) is 5.02 Å². The fourth-order valence-electron chi connectivity index (χ4n) is 1.57. The van der Waals surface area contributed by atoms with Crippen molar-refractivity contribution >= 4 is 11.6 Å². The van der Waals surface area contributed by atoms with Crippen molar-refractivity contribution in [3.8, 4) is 5.69 Å². The first kappa shape index (κ1) is 11.1. The summed E-state index contributed by atoms with van der Waals surface area (Å²) in [4.78, 5) is 3.88. The number of hydrogen-bond donors (Lipinski definition) is 1. The molecule has 4 nitrogen and oxygen atoms in total. The van der Waals surface area contributed by atoms with E-state index in [0.717, 1.165) is 17.7 Å². The van der Waals surface area contributed by atoms with Crippen LogP contribution in [0.4, 0.5) is 0 Å². The van der Waals surface area contributed by atoms with Crippen LogP contribution in [0.3, 0.4) is 0 Å². The van der Waals surface area contributed by atoms with Gasteiger partial charge in [0.05, 0.1) is 10.7 Å². The molecule has 1 heterocycles. The number of nitrogens with zero attached hydrogens (tertiary/aromatic N) is 3. The molecule has 0 aliphatic carbocycles. The van der Waals surface area contributed by atoms with Crippen molar-refractivity contribution in [3.63, 3.8) is 0 Å². The normalized spacial score (nSPS) is 12.7. The van der Waals surface area contributed by atoms with E-state index in [2.05, 4.69) is 10.1 Å². The highest BCUT2D eigenvalue weighted by Crippen LogP contribution is 2.21. The Morgan fingerprint density at radius 2 is 2.31 bits per heavy atom. The Hall–Kier alpha value is -1.39. The molecule has 1 aromatic carbocycles.